The van der Waals surface area contributed by atoms with E-state index in [-0.39, 0.29) is 10.8 Å². The molecule has 0 aliphatic heterocycles. The molecule has 0 unspecified atom stereocenters. The van der Waals surface area contributed by atoms with Gasteiger partial charge in [-0.2, -0.15) is 0 Å². The van der Waals surface area contributed by atoms with Crippen molar-refractivity contribution in [3.8, 4) is 39.3 Å². The Kier molecular flexibility index (Phi) is 8.80. The normalized spacial score (nSPS) is 10.9. The van der Waals surface area contributed by atoms with Crippen LogP contribution in [-0.2, 0) is 6.42 Å². The number of aromatic nitrogens is 1. The standard InChI is InChI=1S/C27H25Cl2NO5S/c1-2-5-17-14-20(35-21-8-10-22(28)23(29)16-21)9-11-24(17)34-13-4-12-33-19-7-3-6-18(15-19)25-26(31)30-27(32)36-25/h3,6-11,14-16,31H,2,4-5,12-13H2,1H3,(H,30,32). The van der Waals surface area contributed by atoms with Crippen LogP contribution in [0.25, 0.3) is 10.4 Å². The Morgan fingerprint density at radius 1 is 0.917 bits per heavy atom. The number of rotatable bonds is 11. The molecule has 1 aromatic heterocycles. The number of H-pyrrole nitrogens is 1. The van der Waals surface area contributed by atoms with Crippen LogP contribution in [0.2, 0.25) is 10.0 Å². The molecule has 0 amide bonds. The summed E-state index contributed by atoms with van der Waals surface area (Å²) in [4.78, 5) is 14.0. The maximum Gasteiger partial charge on any atom is 0.307 e. The van der Waals surface area contributed by atoms with Crippen molar-refractivity contribution in [3.05, 3.63) is 85.9 Å². The zero-order valence-electron chi connectivity index (χ0n) is 19.6. The third-order valence-electron chi connectivity index (χ3n) is 5.22. The average Bonchev–Trinajstić information content (AvgIpc) is 3.20. The topological polar surface area (TPSA) is 80.8 Å². The number of halogens is 2. The van der Waals surface area contributed by atoms with Crippen LogP contribution in [-0.4, -0.2) is 23.3 Å². The van der Waals surface area contributed by atoms with Crippen LogP contribution in [0, 0.1) is 0 Å². The molecule has 2 N–H and O–H groups in total. The predicted molar refractivity (Wildman–Crippen MR) is 145 cm³/mol. The third-order valence-corrected chi connectivity index (χ3v) is 6.88. The summed E-state index contributed by atoms with van der Waals surface area (Å²) in [5.74, 6) is 2.65. The molecule has 0 atom stereocenters. The molecule has 0 spiro atoms. The molecule has 188 valence electrons. The lowest BCUT2D eigenvalue weighted by molar-refractivity contribution is 0.246. The molecular weight excluding hydrogens is 521 g/mol. The number of hydrogen-bond donors (Lipinski definition) is 2. The first-order chi connectivity index (χ1) is 17.4. The summed E-state index contributed by atoms with van der Waals surface area (Å²) >= 11 is 13.0. The number of aromatic amines is 1. The smallest absolute Gasteiger partial charge is 0.307 e. The van der Waals surface area contributed by atoms with Crippen molar-refractivity contribution in [2.75, 3.05) is 13.2 Å². The summed E-state index contributed by atoms with van der Waals surface area (Å²) in [5, 5.41) is 10.8. The fraction of sp³-hybridized carbons (Fsp3) is 0.222. The van der Waals surface area contributed by atoms with Crippen LogP contribution >= 0.6 is 34.5 Å². The van der Waals surface area contributed by atoms with E-state index in [4.69, 9.17) is 37.4 Å². The van der Waals surface area contributed by atoms with Gasteiger partial charge in [-0.1, -0.05) is 60.0 Å². The summed E-state index contributed by atoms with van der Waals surface area (Å²) < 4.78 is 17.8. The number of thiazole rings is 1. The number of benzene rings is 3. The number of hydrogen-bond acceptors (Lipinski definition) is 6. The molecule has 36 heavy (non-hydrogen) atoms. The van der Waals surface area contributed by atoms with Crippen molar-refractivity contribution in [1.29, 1.82) is 0 Å². The van der Waals surface area contributed by atoms with E-state index >= 15 is 0 Å². The molecule has 0 fully saturated rings. The zero-order valence-corrected chi connectivity index (χ0v) is 21.9. The fourth-order valence-corrected chi connectivity index (χ4v) is 4.59. The van der Waals surface area contributed by atoms with E-state index in [1.54, 1.807) is 24.3 Å². The van der Waals surface area contributed by atoms with Gasteiger partial charge in [-0.25, -0.2) is 0 Å². The molecule has 6 nitrogen and oxygen atoms in total. The highest BCUT2D eigenvalue weighted by molar-refractivity contribution is 7.13. The van der Waals surface area contributed by atoms with Crippen molar-refractivity contribution in [1.82, 2.24) is 4.98 Å². The largest absolute Gasteiger partial charge is 0.493 e. The van der Waals surface area contributed by atoms with Gasteiger partial charge in [0.25, 0.3) is 0 Å². The highest BCUT2D eigenvalue weighted by atomic mass is 35.5. The average molecular weight is 546 g/mol. The van der Waals surface area contributed by atoms with Gasteiger partial charge in [0.2, 0.25) is 5.88 Å². The van der Waals surface area contributed by atoms with Crippen LogP contribution in [0.15, 0.2) is 65.5 Å². The zero-order chi connectivity index (χ0) is 25.5. The summed E-state index contributed by atoms with van der Waals surface area (Å²) in [6.07, 6.45) is 2.51. The fourth-order valence-electron chi connectivity index (χ4n) is 3.58. The highest BCUT2D eigenvalue weighted by Gasteiger charge is 2.11. The molecule has 0 saturated carbocycles. The van der Waals surface area contributed by atoms with E-state index in [2.05, 4.69) is 11.9 Å². The minimum absolute atomic E-state index is 0.133. The second kappa shape index (κ2) is 12.2. The SMILES string of the molecule is CCCc1cc(Oc2ccc(Cl)c(Cl)c2)ccc1OCCCOc1cccc(-c2sc(=O)[nH]c2O)c1. The summed E-state index contributed by atoms with van der Waals surface area (Å²) in [5.41, 5.74) is 1.78. The molecular formula is C27H25Cl2NO5S. The molecule has 0 aliphatic carbocycles. The highest BCUT2D eigenvalue weighted by Crippen LogP contribution is 2.33. The molecule has 0 bridgehead atoms. The van der Waals surface area contributed by atoms with Crippen LogP contribution in [0.3, 0.4) is 0 Å². The number of aryl methyl sites for hydroxylation is 1. The molecule has 0 radical (unpaired) electrons. The van der Waals surface area contributed by atoms with Gasteiger partial charge in [0.15, 0.2) is 0 Å². The summed E-state index contributed by atoms with van der Waals surface area (Å²) in [6.45, 7) is 3.06. The monoisotopic (exact) mass is 545 g/mol. The van der Waals surface area contributed by atoms with Crippen molar-refractivity contribution < 1.29 is 19.3 Å². The maximum absolute atomic E-state index is 11.5. The van der Waals surface area contributed by atoms with Gasteiger partial charge in [0.05, 0.1) is 28.1 Å². The van der Waals surface area contributed by atoms with Gasteiger partial charge < -0.3 is 19.3 Å². The molecule has 0 aliphatic rings. The maximum atomic E-state index is 11.5. The molecule has 4 rings (SSSR count). The molecule has 4 aromatic rings. The quantitative estimate of drug-likeness (QED) is 0.188. The van der Waals surface area contributed by atoms with Crippen molar-refractivity contribution in [2.45, 2.75) is 26.2 Å². The van der Waals surface area contributed by atoms with Crippen LogP contribution in [0.1, 0.15) is 25.3 Å². The molecule has 9 heteroatoms. The first-order valence-corrected chi connectivity index (χ1v) is 13.0. The Morgan fingerprint density at radius 2 is 1.69 bits per heavy atom. The second-order valence-corrected chi connectivity index (χ2v) is 9.77. The van der Waals surface area contributed by atoms with E-state index in [1.165, 1.54) is 0 Å². The van der Waals surface area contributed by atoms with Gasteiger partial charge >= 0.3 is 4.87 Å². The van der Waals surface area contributed by atoms with Crippen LogP contribution in [0.4, 0.5) is 0 Å². The number of nitrogens with one attached hydrogen (secondary N) is 1. The minimum atomic E-state index is -0.303. The Hall–Kier alpha value is -3.13. The Bertz CT molecular complexity index is 1380. The number of ether oxygens (including phenoxy) is 3. The second-order valence-electron chi connectivity index (χ2n) is 7.97. The first-order valence-electron chi connectivity index (χ1n) is 11.5. The predicted octanol–water partition coefficient (Wildman–Crippen LogP) is 7.71. The van der Waals surface area contributed by atoms with Crippen LogP contribution in [0.5, 0.6) is 28.9 Å². The lowest BCUT2D eigenvalue weighted by atomic mass is 10.1. The van der Waals surface area contributed by atoms with Crippen LogP contribution < -0.4 is 19.1 Å². The number of aromatic hydroxyl groups is 1. The van der Waals surface area contributed by atoms with E-state index in [0.29, 0.717) is 51.8 Å². The molecule has 0 saturated heterocycles. The molecule has 3 aromatic carbocycles. The van der Waals surface area contributed by atoms with E-state index in [0.717, 1.165) is 41.1 Å². The van der Waals surface area contributed by atoms with E-state index < -0.39 is 0 Å². The van der Waals surface area contributed by atoms with Gasteiger partial charge in [-0.05, 0) is 54.4 Å². The summed E-state index contributed by atoms with van der Waals surface area (Å²) in [7, 11) is 0. The van der Waals surface area contributed by atoms with E-state index in [9.17, 15) is 9.90 Å². The Balaban J connectivity index is 1.31. The van der Waals surface area contributed by atoms with Crippen molar-refractivity contribution in [2.24, 2.45) is 0 Å². The lowest BCUT2D eigenvalue weighted by Gasteiger charge is -2.14. The first kappa shape index (κ1) is 25.9. The van der Waals surface area contributed by atoms with Crippen molar-refractivity contribution >= 4 is 34.5 Å². The van der Waals surface area contributed by atoms with Gasteiger partial charge in [0, 0.05) is 18.1 Å². The van der Waals surface area contributed by atoms with E-state index in [1.807, 2.05) is 36.4 Å². The Labute approximate surface area is 223 Å². The van der Waals surface area contributed by atoms with Gasteiger partial charge in [-0.3, -0.25) is 9.78 Å². The van der Waals surface area contributed by atoms with Gasteiger partial charge in [-0.15, -0.1) is 0 Å². The summed E-state index contributed by atoms with van der Waals surface area (Å²) in [6, 6.07) is 18.2. The Morgan fingerprint density at radius 3 is 2.44 bits per heavy atom. The third kappa shape index (κ3) is 6.75. The molecule has 1 heterocycles. The van der Waals surface area contributed by atoms with Crippen molar-refractivity contribution in [3.63, 3.8) is 0 Å². The lowest BCUT2D eigenvalue weighted by Crippen LogP contribution is -2.06. The van der Waals surface area contributed by atoms with Gasteiger partial charge in [0.1, 0.15) is 23.0 Å². The minimum Gasteiger partial charge on any atom is -0.493 e.